The van der Waals surface area contributed by atoms with E-state index in [4.69, 9.17) is 0 Å². The van der Waals surface area contributed by atoms with E-state index in [1.165, 1.54) is 0 Å². The summed E-state index contributed by atoms with van der Waals surface area (Å²) < 4.78 is 0. The minimum Gasteiger partial charge on any atom is -0.506 e. The molecule has 5 heteroatoms. The zero-order chi connectivity index (χ0) is 14.7. The summed E-state index contributed by atoms with van der Waals surface area (Å²) in [6, 6.07) is 16.7. The van der Waals surface area contributed by atoms with Crippen LogP contribution in [-0.4, -0.2) is 20.1 Å². The van der Waals surface area contributed by atoms with Crippen molar-refractivity contribution in [3.8, 4) is 17.1 Å². The highest BCUT2D eigenvalue weighted by Gasteiger charge is 2.07. The molecule has 104 valence electrons. The first kappa shape index (κ1) is 13.1. The largest absolute Gasteiger partial charge is 0.506 e. The van der Waals surface area contributed by atoms with E-state index < -0.39 is 0 Å². The highest BCUT2D eigenvalue weighted by Crippen LogP contribution is 2.25. The Morgan fingerprint density at radius 1 is 0.857 bits per heavy atom. The highest BCUT2D eigenvalue weighted by atomic mass is 16.3. The van der Waals surface area contributed by atoms with E-state index in [2.05, 4.69) is 20.3 Å². The van der Waals surface area contributed by atoms with Gasteiger partial charge in [0.2, 0.25) is 5.95 Å². The van der Waals surface area contributed by atoms with Crippen molar-refractivity contribution in [3.63, 3.8) is 0 Å². The molecule has 0 spiro atoms. The lowest BCUT2D eigenvalue weighted by Gasteiger charge is -2.08. The van der Waals surface area contributed by atoms with Gasteiger partial charge in [0.25, 0.3) is 0 Å². The van der Waals surface area contributed by atoms with E-state index in [9.17, 15) is 5.11 Å². The van der Waals surface area contributed by atoms with Gasteiger partial charge in [-0.25, -0.2) is 4.98 Å². The predicted molar refractivity (Wildman–Crippen MR) is 81.4 cm³/mol. The van der Waals surface area contributed by atoms with Gasteiger partial charge in [-0.3, -0.25) is 0 Å². The Balaban J connectivity index is 1.97. The first-order chi connectivity index (χ1) is 10.2. The molecule has 0 aliphatic rings. The summed E-state index contributed by atoms with van der Waals surface area (Å²) in [7, 11) is 0. The van der Waals surface area contributed by atoms with Gasteiger partial charge in [0, 0.05) is 5.56 Å². The lowest BCUT2D eigenvalue weighted by Crippen LogP contribution is -2.03. The van der Waals surface area contributed by atoms with Crippen LogP contribution in [0.4, 0.5) is 11.6 Å². The molecule has 2 N–H and O–H groups in total. The summed E-state index contributed by atoms with van der Waals surface area (Å²) in [6.07, 6.45) is 0. The Bertz CT molecular complexity index is 759. The average Bonchev–Trinajstić information content (AvgIpc) is 2.50. The summed E-state index contributed by atoms with van der Waals surface area (Å²) >= 11 is 0. The van der Waals surface area contributed by atoms with Crippen LogP contribution in [0.15, 0.2) is 54.6 Å². The number of para-hydroxylation sites is 2. The van der Waals surface area contributed by atoms with Gasteiger partial charge in [-0.05, 0) is 19.1 Å². The van der Waals surface area contributed by atoms with Crippen LogP contribution in [0.1, 0.15) is 5.82 Å². The molecule has 1 heterocycles. The molecule has 1 aromatic heterocycles. The highest BCUT2D eigenvalue weighted by molar-refractivity contribution is 5.63. The van der Waals surface area contributed by atoms with E-state index >= 15 is 0 Å². The number of aryl methyl sites for hydroxylation is 1. The average molecular weight is 278 g/mol. The number of phenolic OH excluding ortho intramolecular Hbond substituents is 1. The number of nitrogens with one attached hydrogen (secondary N) is 1. The third-order valence-corrected chi connectivity index (χ3v) is 2.93. The lowest BCUT2D eigenvalue weighted by molar-refractivity contribution is 0.477. The lowest BCUT2D eigenvalue weighted by atomic mass is 10.2. The van der Waals surface area contributed by atoms with Crippen molar-refractivity contribution in [1.82, 2.24) is 15.0 Å². The fourth-order valence-corrected chi connectivity index (χ4v) is 1.95. The second kappa shape index (κ2) is 5.58. The molecule has 0 unspecified atom stereocenters. The van der Waals surface area contributed by atoms with E-state index in [-0.39, 0.29) is 5.75 Å². The van der Waals surface area contributed by atoms with Crippen LogP contribution in [0.3, 0.4) is 0 Å². The first-order valence-electron chi connectivity index (χ1n) is 6.55. The zero-order valence-electron chi connectivity index (χ0n) is 11.5. The maximum Gasteiger partial charge on any atom is 0.231 e. The quantitative estimate of drug-likeness (QED) is 0.719. The number of nitrogens with zero attached hydrogens (tertiary/aromatic N) is 3. The molecular weight excluding hydrogens is 264 g/mol. The Morgan fingerprint density at radius 2 is 1.57 bits per heavy atom. The van der Waals surface area contributed by atoms with Gasteiger partial charge in [-0.15, -0.1) is 0 Å². The van der Waals surface area contributed by atoms with Crippen LogP contribution in [-0.2, 0) is 0 Å². The summed E-state index contributed by atoms with van der Waals surface area (Å²) in [4.78, 5) is 13.0. The third kappa shape index (κ3) is 2.97. The SMILES string of the molecule is Cc1nc(Nc2ccccc2O)nc(-c2ccccc2)n1. The number of hydrogen-bond donors (Lipinski definition) is 2. The van der Waals surface area contributed by atoms with Gasteiger partial charge in [-0.2, -0.15) is 9.97 Å². The van der Waals surface area contributed by atoms with Crippen molar-refractivity contribution in [2.24, 2.45) is 0 Å². The molecule has 21 heavy (non-hydrogen) atoms. The van der Waals surface area contributed by atoms with Crippen LogP contribution >= 0.6 is 0 Å². The van der Waals surface area contributed by atoms with E-state index in [1.807, 2.05) is 43.3 Å². The number of aromatic hydroxyl groups is 1. The molecule has 0 radical (unpaired) electrons. The van der Waals surface area contributed by atoms with Crippen LogP contribution in [0, 0.1) is 6.92 Å². The second-order valence-electron chi connectivity index (χ2n) is 4.54. The topological polar surface area (TPSA) is 70.9 Å². The Labute approximate surface area is 122 Å². The predicted octanol–water partition coefficient (Wildman–Crippen LogP) is 3.30. The van der Waals surface area contributed by atoms with Crippen LogP contribution in [0.25, 0.3) is 11.4 Å². The number of anilines is 2. The van der Waals surface area contributed by atoms with Crippen molar-refractivity contribution in [3.05, 3.63) is 60.4 Å². The molecule has 0 aliphatic heterocycles. The van der Waals surface area contributed by atoms with Crippen LogP contribution < -0.4 is 5.32 Å². The smallest absolute Gasteiger partial charge is 0.231 e. The Hall–Kier alpha value is -2.95. The maximum absolute atomic E-state index is 9.79. The number of rotatable bonds is 3. The van der Waals surface area contributed by atoms with Gasteiger partial charge >= 0.3 is 0 Å². The number of aromatic nitrogens is 3. The van der Waals surface area contributed by atoms with Gasteiger partial charge in [0.05, 0.1) is 5.69 Å². The molecule has 0 atom stereocenters. The maximum atomic E-state index is 9.79. The minimum atomic E-state index is 0.150. The molecule has 0 saturated carbocycles. The summed E-state index contributed by atoms with van der Waals surface area (Å²) in [5.74, 6) is 1.77. The van der Waals surface area contributed by atoms with Crippen molar-refractivity contribution in [1.29, 1.82) is 0 Å². The Morgan fingerprint density at radius 3 is 2.33 bits per heavy atom. The molecular formula is C16H14N4O. The van der Waals surface area contributed by atoms with E-state index in [0.29, 0.717) is 23.3 Å². The molecule has 0 saturated heterocycles. The number of benzene rings is 2. The minimum absolute atomic E-state index is 0.150. The number of hydrogen-bond acceptors (Lipinski definition) is 5. The molecule has 3 aromatic rings. The van der Waals surface area contributed by atoms with Crippen LogP contribution in [0.2, 0.25) is 0 Å². The summed E-state index contributed by atoms with van der Waals surface area (Å²) in [5, 5.41) is 12.8. The molecule has 0 amide bonds. The monoisotopic (exact) mass is 278 g/mol. The molecule has 0 aliphatic carbocycles. The second-order valence-corrected chi connectivity index (χ2v) is 4.54. The van der Waals surface area contributed by atoms with Crippen LogP contribution in [0.5, 0.6) is 5.75 Å². The fourth-order valence-electron chi connectivity index (χ4n) is 1.95. The fraction of sp³-hybridized carbons (Fsp3) is 0.0625. The summed E-state index contributed by atoms with van der Waals surface area (Å²) in [6.45, 7) is 1.81. The van der Waals surface area contributed by atoms with Gasteiger partial charge in [-0.1, -0.05) is 42.5 Å². The van der Waals surface area contributed by atoms with Gasteiger partial charge in [0.15, 0.2) is 5.82 Å². The number of phenols is 1. The van der Waals surface area contributed by atoms with Gasteiger partial charge < -0.3 is 10.4 Å². The molecule has 0 bridgehead atoms. The van der Waals surface area contributed by atoms with Crippen molar-refractivity contribution >= 4 is 11.6 Å². The molecule has 0 fully saturated rings. The summed E-state index contributed by atoms with van der Waals surface area (Å²) in [5.41, 5.74) is 1.48. The van der Waals surface area contributed by atoms with Crippen molar-refractivity contribution in [2.75, 3.05) is 5.32 Å². The molecule has 2 aromatic carbocycles. The van der Waals surface area contributed by atoms with E-state index in [1.54, 1.807) is 18.2 Å². The first-order valence-corrected chi connectivity index (χ1v) is 6.55. The molecule has 5 nitrogen and oxygen atoms in total. The van der Waals surface area contributed by atoms with Crippen molar-refractivity contribution in [2.45, 2.75) is 6.92 Å². The van der Waals surface area contributed by atoms with Crippen molar-refractivity contribution < 1.29 is 5.11 Å². The third-order valence-electron chi connectivity index (χ3n) is 2.93. The zero-order valence-corrected chi connectivity index (χ0v) is 11.5. The van der Waals surface area contributed by atoms with E-state index in [0.717, 1.165) is 5.56 Å². The molecule has 3 rings (SSSR count). The standard InChI is InChI=1S/C16H14N4O/c1-11-17-15(12-7-3-2-4-8-12)20-16(18-11)19-13-9-5-6-10-14(13)21/h2-10,21H,1H3,(H,17,18,19,20). The Kier molecular flexibility index (Phi) is 3.47. The normalized spacial score (nSPS) is 10.3. The van der Waals surface area contributed by atoms with Gasteiger partial charge in [0.1, 0.15) is 11.6 Å².